The lowest BCUT2D eigenvalue weighted by atomic mass is 10.1. The lowest BCUT2D eigenvalue weighted by Crippen LogP contribution is -2.11. The highest BCUT2D eigenvalue weighted by Crippen LogP contribution is 2.45. The Labute approximate surface area is 98.0 Å². The fourth-order valence-electron chi connectivity index (χ4n) is 1.43. The maximum absolute atomic E-state index is 8.91. The van der Waals surface area contributed by atoms with Crippen LogP contribution in [0.25, 0.3) is 0 Å². The molecule has 1 fully saturated rings. The van der Waals surface area contributed by atoms with Crippen LogP contribution in [0.3, 0.4) is 0 Å². The Morgan fingerprint density at radius 2 is 2.27 bits per heavy atom. The van der Waals surface area contributed by atoms with Crippen molar-refractivity contribution in [1.29, 1.82) is 5.26 Å². The van der Waals surface area contributed by atoms with Crippen molar-refractivity contribution < 1.29 is 4.74 Å². The summed E-state index contributed by atoms with van der Waals surface area (Å²) in [6.07, 6.45) is 1.94. The van der Waals surface area contributed by atoms with Crippen LogP contribution >= 0.6 is 15.9 Å². The molecule has 1 aromatic carbocycles. The molecule has 2 nitrogen and oxygen atoms in total. The van der Waals surface area contributed by atoms with Gasteiger partial charge in [0, 0.05) is 4.47 Å². The summed E-state index contributed by atoms with van der Waals surface area (Å²) in [6, 6.07) is 8.22. The Morgan fingerprint density at radius 1 is 1.53 bits per heavy atom. The van der Waals surface area contributed by atoms with Crippen LogP contribution in [0.4, 0.5) is 0 Å². The van der Waals surface area contributed by atoms with E-state index in [0.717, 1.165) is 28.6 Å². The molecule has 0 unspecified atom stereocenters. The molecule has 1 aromatic rings. The smallest absolute Gasteiger partial charge is 0.122 e. The molecule has 3 heteroatoms. The topological polar surface area (TPSA) is 33.0 Å². The minimum absolute atomic E-state index is 0.195. The SMILES string of the molecule is Cc1cc(Br)ccc1OCC1(C#N)CC1. The molecule has 0 aromatic heterocycles. The molecule has 0 spiro atoms. The van der Waals surface area contributed by atoms with Gasteiger partial charge in [0.25, 0.3) is 0 Å². The van der Waals surface area contributed by atoms with Gasteiger partial charge in [-0.1, -0.05) is 15.9 Å². The van der Waals surface area contributed by atoms with E-state index in [0.29, 0.717) is 6.61 Å². The number of rotatable bonds is 3. The van der Waals surface area contributed by atoms with Crippen LogP contribution in [-0.4, -0.2) is 6.61 Å². The van der Waals surface area contributed by atoms with E-state index in [9.17, 15) is 0 Å². The van der Waals surface area contributed by atoms with Crippen molar-refractivity contribution in [2.24, 2.45) is 5.41 Å². The normalized spacial score (nSPS) is 16.9. The quantitative estimate of drug-likeness (QED) is 0.839. The van der Waals surface area contributed by atoms with E-state index in [1.54, 1.807) is 0 Å². The summed E-state index contributed by atoms with van der Waals surface area (Å²) in [4.78, 5) is 0. The molecule has 1 aliphatic rings. The van der Waals surface area contributed by atoms with Crippen molar-refractivity contribution in [1.82, 2.24) is 0 Å². The maximum Gasteiger partial charge on any atom is 0.122 e. The Hall–Kier alpha value is -1.01. The van der Waals surface area contributed by atoms with E-state index in [1.165, 1.54) is 0 Å². The van der Waals surface area contributed by atoms with E-state index < -0.39 is 0 Å². The summed E-state index contributed by atoms with van der Waals surface area (Å²) >= 11 is 3.40. The summed E-state index contributed by atoms with van der Waals surface area (Å²) in [5.74, 6) is 0.875. The number of ether oxygens (including phenoxy) is 1. The fourth-order valence-corrected chi connectivity index (χ4v) is 1.91. The molecule has 0 N–H and O–H groups in total. The number of hydrogen-bond donors (Lipinski definition) is 0. The number of aryl methyl sites for hydroxylation is 1. The molecule has 0 aliphatic heterocycles. The lowest BCUT2D eigenvalue weighted by Gasteiger charge is -2.11. The first-order valence-corrected chi connectivity index (χ1v) is 5.75. The van der Waals surface area contributed by atoms with E-state index >= 15 is 0 Å². The number of benzene rings is 1. The highest BCUT2D eigenvalue weighted by molar-refractivity contribution is 9.10. The van der Waals surface area contributed by atoms with Gasteiger partial charge in [0.1, 0.15) is 12.4 Å². The Balaban J connectivity index is 2.03. The second kappa shape index (κ2) is 3.86. The molecular formula is C12H12BrNO. The van der Waals surface area contributed by atoms with Gasteiger partial charge in [0.05, 0.1) is 11.5 Å². The number of nitriles is 1. The molecule has 78 valence electrons. The second-order valence-electron chi connectivity index (χ2n) is 4.09. The minimum Gasteiger partial charge on any atom is -0.492 e. The van der Waals surface area contributed by atoms with Gasteiger partial charge in [-0.15, -0.1) is 0 Å². The van der Waals surface area contributed by atoms with Gasteiger partial charge in [-0.05, 0) is 43.5 Å². The first-order valence-electron chi connectivity index (χ1n) is 4.95. The highest BCUT2D eigenvalue weighted by Gasteiger charge is 2.44. The molecule has 0 saturated heterocycles. The summed E-state index contributed by atoms with van der Waals surface area (Å²) in [5, 5.41) is 8.91. The van der Waals surface area contributed by atoms with E-state index in [2.05, 4.69) is 22.0 Å². The predicted octanol–water partition coefficient (Wildman–Crippen LogP) is 3.44. The van der Waals surface area contributed by atoms with Crippen LogP contribution in [-0.2, 0) is 0 Å². The predicted molar refractivity (Wildman–Crippen MR) is 61.7 cm³/mol. The van der Waals surface area contributed by atoms with Gasteiger partial charge in [0.15, 0.2) is 0 Å². The number of hydrogen-bond acceptors (Lipinski definition) is 2. The van der Waals surface area contributed by atoms with E-state index in [4.69, 9.17) is 10.00 Å². The van der Waals surface area contributed by atoms with E-state index in [-0.39, 0.29) is 5.41 Å². The summed E-state index contributed by atoms with van der Waals surface area (Å²) in [7, 11) is 0. The molecule has 1 saturated carbocycles. The minimum atomic E-state index is -0.195. The largest absolute Gasteiger partial charge is 0.492 e. The monoisotopic (exact) mass is 265 g/mol. The first kappa shape index (κ1) is 10.5. The van der Waals surface area contributed by atoms with Crippen molar-refractivity contribution in [2.75, 3.05) is 6.61 Å². The molecule has 0 radical (unpaired) electrons. The van der Waals surface area contributed by atoms with Crippen LogP contribution in [0.5, 0.6) is 5.75 Å². The zero-order valence-electron chi connectivity index (χ0n) is 8.59. The lowest BCUT2D eigenvalue weighted by molar-refractivity contribution is 0.267. The standard InChI is InChI=1S/C12H12BrNO/c1-9-6-10(13)2-3-11(9)15-8-12(7-14)4-5-12/h2-3,6H,4-5,8H2,1H3. The van der Waals surface area contributed by atoms with Crippen molar-refractivity contribution >= 4 is 15.9 Å². The van der Waals surface area contributed by atoms with Crippen LogP contribution in [0.2, 0.25) is 0 Å². The molecule has 0 bridgehead atoms. The molecular weight excluding hydrogens is 254 g/mol. The Morgan fingerprint density at radius 3 is 2.80 bits per heavy atom. The number of halogens is 1. The van der Waals surface area contributed by atoms with Gasteiger partial charge >= 0.3 is 0 Å². The van der Waals surface area contributed by atoms with Gasteiger partial charge in [-0.2, -0.15) is 5.26 Å². The summed E-state index contributed by atoms with van der Waals surface area (Å²) in [5.41, 5.74) is 0.901. The Kier molecular flexibility index (Phi) is 2.70. The average Bonchev–Trinajstić information content (AvgIpc) is 2.97. The zero-order valence-corrected chi connectivity index (χ0v) is 10.2. The third-order valence-corrected chi connectivity index (χ3v) is 3.22. The zero-order chi connectivity index (χ0) is 10.9. The van der Waals surface area contributed by atoms with Gasteiger partial charge in [-0.25, -0.2) is 0 Å². The third-order valence-electron chi connectivity index (χ3n) is 2.73. The molecule has 0 atom stereocenters. The summed E-state index contributed by atoms with van der Waals surface area (Å²) in [6.45, 7) is 2.53. The van der Waals surface area contributed by atoms with Crippen molar-refractivity contribution in [3.63, 3.8) is 0 Å². The van der Waals surface area contributed by atoms with Crippen LogP contribution in [0.1, 0.15) is 18.4 Å². The number of nitrogens with zero attached hydrogens (tertiary/aromatic N) is 1. The van der Waals surface area contributed by atoms with Crippen LogP contribution in [0, 0.1) is 23.7 Å². The van der Waals surface area contributed by atoms with Crippen LogP contribution < -0.4 is 4.74 Å². The maximum atomic E-state index is 8.91. The Bertz CT molecular complexity index is 418. The third kappa shape index (κ3) is 2.32. The highest BCUT2D eigenvalue weighted by atomic mass is 79.9. The average molecular weight is 266 g/mol. The second-order valence-corrected chi connectivity index (χ2v) is 5.01. The summed E-state index contributed by atoms with van der Waals surface area (Å²) < 4.78 is 6.72. The van der Waals surface area contributed by atoms with Gasteiger partial charge in [-0.3, -0.25) is 0 Å². The van der Waals surface area contributed by atoms with Crippen LogP contribution in [0.15, 0.2) is 22.7 Å². The first-order chi connectivity index (χ1) is 7.15. The molecule has 2 rings (SSSR count). The van der Waals surface area contributed by atoms with Crippen molar-refractivity contribution in [3.05, 3.63) is 28.2 Å². The fraction of sp³-hybridized carbons (Fsp3) is 0.417. The molecule has 15 heavy (non-hydrogen) atoms. The van der Waals surface area contributed by atoms with Crippen molar-refractivity contribution in [2.45, 2.75) is 19.8 Å². The van der Waals surface area contributed by atoms with Crippen molar-refractivity contribution in [3.8, 4) is 11.8 Å². The molecule has 1 aliphatic carbocycles. The molecule has 0 heterocycles. The molecule has 0 amide bonds. The van der Waals surface area contributed by atoms with Gasteiger partial charge in [0.2, 0.25) is 0 Å². The van der Waals surface area contributed by atoms with E-state index in [1.807, 2.05) is 25.1 Å². The van der Waals surface area contributed by atoms with Gasteiger partial charge < -0.3 is 4.74 Å².